The maximum absolute atomic E-state index is 13.8. The number of anilines is 1. The van der Waals surface area contributed by atoms with Gasteiger partial charge < -0.3 is 29.2 Å². The van der Waals surface area contributed by atoms with E-state index in [1.807, 2.05) is 24.3 Å². The van der Waals surface area contributed by atoms with Crippen molar-refractivity contribution in [1.29, 1.82) is 0 Å². The molecular weight excluding hydrogens is 520 g/mol. The molecule has 2 aromatic heterocycles. The Morgan fingerprint density at radius 3 is 2.41 bits per heavy atom. The molecule has 200 valence electrons. The number of benzene rings is 3. The monoisotopic (exact) mass is 546 g/mol. The van der Waals surface area contributed by atoms with E-state index in [9.17, 15) is 9.59 Å². The summed E-state index contributed by atoms with van der Waals surface area (Å²) in [6.07, 6.45) is 0. The molecule has 0 unspecified atom stereocenters. The minimum Gasteiger partial charge on any atom is -0.497 e. The van der Waals surface area contributed by atoms with E-state index in [4.69, 9.17) is 23.9 Å². The van der Waals surface area contributed by atoms with E-state index in [1.54, 1.807) is 50.6 Å². The van der Waals surface area contributed by atoms with Gasteiger partial charge in [0.1, 0.15) is 22.5 Å². The molecule has 1 amide bonds. The number of ether oxygens (including phenoxy) is 4. The van der Waals surface area contributed by atoms with Crippen molar-refractivity contribution in [1.82, 2.24) is 14.5 Å². The lowest BCUT2D eigenvalue weighted by Gasteiger charge is -2.15. The number of rotatable bonds is 9. The zero-order valence-corrected chi connectivity index (χ0v) is 22.5. The number of aromatic amines is 1. The molecule has 11 heteroatoms. The number of hydrogen-bond acceptors (Lipinski definition) is 8. The minimum atomic E-state index is -0.307. The van der Waals surface area contributed by atoms with Crippen LogP contribution in [0.5, 0.6) is 23.0 Å². The Kier molecular flexibility index (Phi) is 7.33. The van der Waals surface area contributed by atoms with Gasteiger partial charge in [0.2, 0.25) is 5.91 Å². The zero-order chi connectivity index (χ0) is 27.5. The summed E-state index contributed by atoms with van der Waals surface area (Å²) in [7, 11) is 6.13. The molecule has 0 saturated heterocycles. The van der Waals surface area contributed by atoms with Crippen molar-refractivity contribution >= 4 is 45.3 Å². The number of amides is 1. The first kappa shape index (κ1) is 26.0. The van der Waals surface area contributed by atoms with E-state index in [0.717, 1.165) is 22.7 Å². The average Bonchev–Trinajstić information content (AvgIpc) is 3.34. The Morgan fingerprint density at radius 2 is 1.67 bits per heavy atom. The highest BCUT2D eigenvalue weighted by atomic mass is 32.2. The van der Waals surface area contributed by atoms with Gasteiger partial charge in [-0.15, -0.1) is 0 Å². The molecule has 5 aromatic rings. The normalized spacial score (nSPS) is 11.0. The molecule has 0 saturated carbocycles. The first-order chi connectivity index (χ1) is 19.0. The number of carbonyl (C=O) groups excluding carboxylic acids is 1. The number of methoxy groups -OCH3 is 4. The van der Waals surface area contributed by atoms with Crippen LogP contribution >= 0.6 is 11.8 Å². The van der Waals surface area contributed by atoms with Crippen LogP contribution in [0.25, 0.3) is 27.6 Å². The van der Waals surface area contributed by atoms with Crippen LogP contribution in [0.4, 0.5) is 5.69 Å². The molecule has 0 spiro atoms. The number of para-hydroxylation sites is 1. The second kappa shape index (κ2) is 11.0. The van der Waals surface area contributed by atoms with Gasteiger partial charge in [-0.2, -0.15) is 0 Å². The van der Waals surface area contributed by atoms with Gasteiger partial charge in [0.25, 0.3) is 5.56 Å². The van der Waals surface area contributed by atoms with Crippen LogP contribution in [-0.4, -0.2) is 54.6 Å². The standard InChI is InChI=1S/C28H26N4O6S/c1-35-17-10-12-21(36-2)20(14-17)29-24(33)15-39-28-31-25-18-7-5-6-8-19(18)30-26(25)27(34)32(28)16-9-11-22(37-3)23(13-16)38-4/h5-14,30H,15H2,1-4H3,(H,29,33). The fraction of sp³-hybridized carbons (Fsp3) is 0.179. The van der Waals surface area contributed by atoms with Gasteiger partial charge in [0.05, 0.1) is 45.6 Å². The molecule has 39 heavy (non-hydrogen) atoms. The molecule has 0 fully saturated rings. The Morgan fingerprint density at radius 1 is 0.923 bits per heavy atom. The van der Waals surface area contributed by atoms with Crippen LogP contribution in [0.3, 0.4) is 0 Å². The molecule has 0 aliphatic heterocycles. The van der Waals surface area contributed by atoms with E-state index < -0.39 is 0 Å². The number of carbonyl (C=O) groups is 1. The van der Waals surface area contributed by atoms with E-state index >= 15 is 0 Å². The van der Waals surface area contributed by atoms with Crippen molar-refractivity contribution in [2.45, 2.75) is 5.16 Å². The Labute approximate surface area is 227 Å². The van der Waals surface area contributed by atoms with Crippen LogP contribution in [-0.2, 0) is 4.79 Å². The van der Waals surface area contributed by atoms with Crippen LogP contribution in [0, 0.1) is 0 Å². The summed E-state index contributed by atoms with van der Waals surface area (Å²) in [5.74, 6) is 1.72. The van der Waals surface area contributed by atoms with Crippen molar-refractivity contribution < 1.29 is 23.7 Å². The third-order valence-corrected chi connectivity index (χ3v) is 7.07. The van der Waals surface area contributed by atoms with E-state index in [1.165, 1.54) is 18.8 Å². The van der Waals surface area contributed by atoms with Crippen LogP contribution in [0.15, 0.2) is 70.6 Å². The van der Waals surface area contributed by atoms with Crippen molar-refractivity contribution in [3.05, 3.63) is 71.0 Å². The van der Waals surface area contributed by atoms with Gasteiger partial charge in [0.15, 0.2) is 16.7 Å². The van der Waals surface area contributed by atoms with Crippen LogP contribution < -0.4 is 29.8 Å². The van der Waals surface area contributed by atoms with Gasteiger partial charge in [-0.3, -0.25) is 14.2 Å². The molecule has 0 aliphatic rings. The van der Waals surface area contributed by atoms with E-state index in [2.05, 4.69) is 10.3 Å². The number of H-pyrrole nitrogens is 1. The fourth-order valence-corrected chi connectivity index (χ4v) is 5.06. The first-order valence-electron chi connectivity index (χ1n) is 11.9. The Bertz CT molecular complexity index is 1750. The Hall–Kier alpha value is -4.64. The fourth-order valence-electron chi connectivity index (χ4n) is 4.26. The summed E-state index contributed by atoms with van der Waals surface area (Å²) < 4.78 is 22.9. The molecule has 2 N–H and O–H groups in total. The molecule has 3 aromatic carbocycles. The largest absolute Gasteiger partial charge is 0.497 e. The van der Waals surface area contributed by atoms with Gasteiger partial charge in [0, 0.05) is 23.0 Å². The molecule has 0 bridgehead atoms. The van der Waals surface area contributed by atoms with Crippen molar-refractivity contribution in [3.8, 4) is 28.7 Å². The topological polar surface area (TPSA) is 117 Å². The van der Waals surface area contributed by atoms with Gasteiger partial charge in [-0.25, -0.2) is 4.98 Å². The zero-order valence-electron chi connectivity index (χ0n) is 21.7. The molecule has 0 atom stereocenters. The second-order valence-electron chi connectivity index (χ2n) is 8.37. The first-order valence-corrected chi connectivity index (χ1v) is 12.9. The summed E-state index contributed by atoms with van der Waals surface area (Å²) >= 11 is 1.14. The number of thioether (sulfide) groups is 1. The highest BCUT2D eigenvalue weighted by Crippen LogP contribution is 2.32. The van der Waals surface area contributed by atoms with Gasteiger partial charge in [-0.1, -0.05) is 30.0 Å². The maximum Gasteiger partial charge on any atom is 0.283 e. The van der Waals surface area contributed by atoms with E-state index in [0.29, 0.717) is 50.6 Å². The van der Waals surface area contributed by atoms with E-state index in [-0.39, 0.29) is 17.2 Å². The SMILES string of the molecule is COc1ccc(OC)c(NC(=O)CSc2nc3c([nH]c4ccccc43)c(=O)n2-c2ccc(OC)c(OC)c2)c1. The number of nitrogens with one attached hydrogen (secondary N) is 2. The second-order valence-corrected chi connectivity index (χ2v) is 9.31. The minimum absolute atomic E-state index is 0.0199. The summed E-state index contributed by atoms with van der Waals surface area (Å²) in [5, 5.41) is 4.01. The number of nitrogens with zero attached hydrogens (tertiary/aromatic N) is 2. The lowest BCUT2D eigenvalue weighted by molar-refractivity contribution is -0.113. The van der Waals surface area contributed by atoms with Crippen molar-refractivity contribution in [3.63, 3.8) is 0 Å². The summed E-state index contributed by atoms with van der Waals surface area (Å²) in [4.78, 5) is 34.9. The summed E-state index contributed by atoms with van der Waals surface area (Å²) in [6, 6.07) is 17.8. The number of hydrogen-bond donors (Lipinski definition) is 2. The van der Waals surface area contributed by atoms with Gasteiger partial charge >= 0.3 is 0 Å². The number of fused-ring (bicyclic) bond motifs is 3. The molecule has 0 radical (unpaired) electrons. The number of aromatic nitrogens is 3. The molecule has 2 heterocycles. The molecule has 10 nitrogen and oxygen atoms in total. The smallest absolute Gasteiger partial charge is 0.283 e. The average molecular weight is 547 g/mol. The quantitative estimate of drug-likeness (QED) is 0.203. The van der Waals surface area contributed by atoms with Crippen LogP contribution in [0.2, 0.25) is 0 Å². The maximum atomic E-state index is 13.8. The third-order valence-electron chi connectivity index (χ3n) is 6.13. The predicted octanol–water partition coefficient (Wildman–Crippen LogP) is 4.63. The molecule has 0 aliphatic carbocycles. The lowest BCUT2D eigenvalue weighted by Crippen LogP contribution is -2.23. The summed E-state index contributed by atoms with van der Waals surface area (Å²) in [6.45, 7) is 0. The highest BCUT2D eigenvalue weighted by Gasteiger charge is 2.20. The highest BCUT2D eigenvalue weighted by molar-refractivity contribution is 7.99. The van der Waals surface area contributed by atoms with Crippen molar-refractivity contribution in [2.75, 3.05) is 39.5 Å². The van der Waals surface area contributed by atoms with Crippen molar-refractivity contribution in [2.24, 2.45) is 0 Å². The molecule has 5 rings (SSSR count). The van der Waals surface area contributed by atoms with Gasteiger partial charge in [-0.05, 0) is 30.3 Å². The third kappa shape index (κ3) is 4.96. The Balaban J connectivity index is 1.56. The summed E-state index contributed by atoms with van der Waals surface area (Å²) in [5.41, 5.74) is 2.37. The molecular formula is C28H26N4O6S. The predicted molar refractivity (Wildman–Crippen MR) is 151 cm³/mol. The van der Waals surface area contributed by atoms with Crippen LogP contribution in [0.1, 0.15) is 0 Å². The lowest BCUT2D eigenvalue weighted by atomic mass is 10.2.